The van der Waals surface area contributed by atoms with Crippen LogP contribution in [0.25, 0.3) is 0 Å². The minimum Gasteiger partial charge on any atom is -0.396 e. The van der Waals surface area contributed by atoms with Crippen LogP contribution in [-0.2, 0) is 6.18 Å². The predicted molar refractivity (Wildman–Crippen MR) is 109 cm³/mol. The van der Waals surface area contributed by atoms with Crippen molar-refractivity contribution in [3.63, 3.8) is 0 Å². The maximum Gasteiger partial charge on any atom is 0.416 e. The smallest absolute Gasteiger partial charge is 0.396 e. The van der Waals surface area contributed by atoms with Crippen LogP contribution in [0.1, 0.15) is 27.4 Å². The average Bonchev–Trinajstić information content (AvgIpc) is 2.75. The van der Waals surface area contributed by atoms with Gasteiger partial charge in [-0.25, -0.2) is 0 Å². The molecule has 0 aliphatic rings. The van der Waals surface area contributed by atoms with Gasteiger partial charge < -0.3 is 21.1 Å². The molecule has 0 aliphatic heterocycles. The van der Waals surface area contributed by atoms with E-state index in [1.54, 1.807) is 7.05 Å². The molecular weight excluding hydrogens is 397 g/mol. The van der Waals surface area contributed by atoms with Gasteiger partial charge in [0, 0.05) is 38.2 Å². The minimum atomic E-state index is -4.43. The van der Waals surface area contributed by atoms with Gasteiger partial charge in [0.05, 0.1) is 12.2 Å². The van der Waals surface area contributed by atoms with E-state index < -0.39 is 17.6 Å². The Balaban J connectivity index is 1.75. The highest BCUT2D eigenvalue weighted by molar-refractivity contribution is 5.94. The Morgan fingerprint density at radius 3 is 2.20 bits per heavy atom. The third-order valence-electron chi connectivity index (χ3n) is 4.41. The van der Waals surface area contributed by atoms with Crippen LogP contribution < -0.4 is 16.0 Å². The van der Waals surface area contributed by atoms with Gasteiger partial charge in [-0.2, -0.15) is 13.2 Å². The van der Waals surface area contributed by atoms with Crippen molar-refractivity contribution in [1.29, 1.82) is 0 Å². The van der Waals surface area contributed by atoms with Crippen molar-refractivity contribution in [1.82, 2.24) is 16.0 Å². The van der Waals surface area contributed by atoms with Crippen LogP contribution in [0.4, 0.5) is 13.2 Å². The second-order valence-electron chi connectivity index (χ2n) is 6.50. The van der Waals surface area contributed by atoms with Gasteiger partial charge in [0.25, 0.3) is 5.91 Å². The van der Waals surface area contributed by atoms with Gasteiger partial charge in [-0.15, -0.1) is 0 Å². The molecule has 9 heteroatoms. The monoisotopic (exact) mass is 422 g/mol. The lowest BCUT2D eigenvalue weighted by Crippen LogP contribution is -2.43. The van der Waals surface area contributed by atoms with E-state index in [1.165, 1.54) is 0 Å². The lowest BCUT2D eigenvalue weighted by Gasteiger charge is -2.18. The first-order chi connectivity index (χ1) is 14.3. The molecule has 0 saturated carbocycles. The van der Waals surface area contributed by atoms with Gasteiger partial charge in [-0.05, 0) is 29.8 Å². The number of hydrogen-bond acceptors (Lipinski definition) is 3. The van der Waals surface area contributed by atoms with Crippen LogP contribution >= 0.6 is 0 Å². The molecule has 2 rings (SSSR count). The van der Waals surface area contributed by atoms with E-state index in [-0.39, 0.29) is 24.6 Å². The van der Waals surface area contributed by atoms with Gasteiger partial charge >= 0.3 is 6.18 Å². The molecule has 0 spiro atoms. The van der Waals surface area contributed by atoms with E-state index in [4.69, 9.17) is 0 Å². The van der Waals surface area contributed by atoms with Gasteiger partial charge in [0.15, 0.2) is 5.96 Å². The quantitative estimate of drug-likeness (QED) is 0.299. The van der Waals surface area contributed by atoms with Crippen molar-refractivity contribution in [2.75, 3.05) is 33.3 Å². The summed E-state index contributed by atoms with van der Waals surface area (Å²) in [4.78, 5) is 16.1. The van der Waals surface area contributed by atoms with Crippen LogP contribution in [0.2, 0.25) is 0 Å². The minimum absolute atomic E-state index is 0.0167. The number of nitrogens with one attached hydrogen (secondary N) is 3. The zero-order valence-electron chi connectivity index (χ0n) is 16.5. The van der Waals surface area contributed by atoms with Crippen LogP contribution in [0.3, 0.4) is 0 Å². The highest BCUT2D eigenvalue weighted by Gasteiger charge is 2.30. The second kappa shape index (κ2) is 11.2. The third kappa shape index (κ3) is 7.07. The van der Waals surface area contributed by atoms with E-state index in [1.807, 2.05) is 30.3 Å². The summed E-state index contributed by atoms with van der Waals surface area (Å²) in [5.74, 6) is -0.0461. The zero-order chi connectivity index (χ0) is 22.0. The summed E-state index contributed by atoms with van der Waals surface area (Å²) >= 11 is 0. The number of aliphatic imine (C=N–C) groups is 1. The molecule has 1 unspecified atom stereocenters. The third-order valence-corrected chi connectivity index (χ3v) is 4.41. The molecule has 30 heavy (non-hydrogen) atoms. The standard InChI is InChI=1S/C21H25F3N4O2/c1-25-20(28-13-17(14-29)15-5-3-2-4-6-15)27-12-11-26-19(30)16-7-9-18(10-8-16)21(22,23)24/h2-10,17,29H,11-14H2,1H3,(H,26,30)(H2,25,27,28). The number of carbonyl (C=O) groups is 1. The maximum absolute atomic E-state index is 12.6. The molecule has 0 bridgehead atoms. The maximum atomic E-state index is 12.6. The van der Waals surface area contributed by atoms with Gasteiger partial charge in [0.2, 0.25) is 0 Å². The fourth-order valence-corrected chi connectivity index (χ4v) is 2.72. The Bertz CT molecular complexity index is 824. The topological polar surface area (TPSA) is 85.8 Å². The molecule has 0 radical (unpaired) electrons. The lowest BCUT2D eigenvalue weighted by atomic mass is 10.0. The van der Waals surface area contributed by atoms with Crippen molar-refractivity contribution in [3.8, 4) is 0 Å². The Kier molecular flexibility index (Phi) is 8.67. The highest BCUT2D eigenvalue weighted by atomic mass is 19.4. The van der Waals surface area contributed by atoms with E-state index in [2.05, 4.69) is 20.9 Å². The summed E-state index contributed by atoms with van der Waals surface area (Å²) in [6, 6.07) is 13.6. The van der Waals surface area contributed by atoms with Crippen molar-refractivity contribution in [3.05, 3.63) is 71.3 Å². The summed E-state index contributed by atoms with van der Waals surface area (Å²) in [5, 5.41) is 18.4. The summed E-state index contributed by atoms with van der Waals surface area (Å²) in [6.07, 6.45) is -4.43. The van der Waals surface area contributed by atoms with Crippen LogP contribution in [0.15, 0.2) is 59.6 Å². The normalized spacial score (nSPS) is 12.9. The Labute approximate surface area is 173 Å². The first-order valence-electron chi connectivity index (χ1n) is 9.41. The van der Waals surface area contributed by atoms with Crippen LogP contribution in [0, 0.1) is 0 Å². The lowest BCUT2D eigenvalue weighted by molar-refractivity contribution is -0.137. The van der Waals surface area contributed by atoms with Crippen LogP contribution in [-0.4, -0.2) is 50.3 Å². The number of guanidine groups is 1. The molecule has 2 aromatic carbocycles. The fraction of sp³-hybridized carbons (Fsp3) is 0.333. The van der Waals surface area contributed by atoms with Crippen molar-refractivity contribution >= 4 is 11.9 Å². The zero-order valence-corrected chi connectivity index (χ0v) is 16.5. The molecule has 6 nitrogen and oxygen atoms in total. The second-order valence-corrected chi connectivity index (χ2v) is 6.50. The summed E-state index contributed by atoms with van der Waals surface area (Å²) in [5.41, 5.74) is 0.359. The van der Waals surface area contributed by atoms with Crippen LogP contribution in [0.5, 0.6) is 0 Å². The molecule has 4 N–H and O–H groups in total. The van der Waals surface area contributed by atoms with E-state index in [0.717, 1.165) is 29.8 Å². The molecule has 2 aromatic rings. The number of benzene rings is 2. The van der Waals surface area contributed by atoms with Crippen molar-refractivity contribution in [2.45, 2.75) is 12.1 Å². The molecule has 1 atom stereocenters. The summed E-state index contributed by atoms with van der Waals surface area (Å²) in [6.45, 7) is 1.07. The molecule has 0 fully saturated rings. The van der Waals surface area contributed by atoms with E-state index in [0.29, 0.717) is 19.0 Å². The summed E-state index contributed by atoms with van der Waals surface area (Å²) in [7, 11) is 1.60. The van der Waals surface area contributed by atoms with E-state index >= 15 is 0 Å². The predicted octanol–water partition coefficient (Wildman–Crippen LogP) is 2.38. The first-order valence-corrected chi connectivity index (χ1v) is 9.41. The number of carbonyl (C=O) groups excluding carboxylic acids is 1. The molecule has 0 saturated heterocycles. The Morgan fingerprint density at radius 1 is 1.00 bits per heavy atom. The first kappa shape index (κ1) is 23.2. The number of aliphatic hydroxyl groups excluding tert-OH is 1. The number of halogens is 3. The number of aliphatic hydroxyl groups is 1. The Hall–Kier alpha value is -3.07. The largest absolute Gasteiger partial charge is 0.416 e. The van der Waals surface area contributed by atoms with E-state index in [9.17, 15) is 23.1 Å². The number of amides is 1. The molecule has 0 aromatic heterocycles. The number of hydrogen-bond donors (Lipinski definition) is 4. The molecule has 0 aliphatic carbocycles. The highest BCUT2D eigenvalue weighted by Crippen LogP contribution is 2.29. The van der Waals surface area contributed by atoms with Crippen molar-refractivity contribution in [2.24, 2.45) is 4.99 Å². The molecule has 162 valence electrons. The number of nitrogens with zero attached hydrogens (tertiary/aromatic N) is 1. The number of alkyl halides is 3. The summed E-state index contributed by atoms with van der Waals surface area (Å²) < 4.78 is 37.7. The molecule has 0 heterocycles. The molecular formula is C21H25F3N4O2. The van der Waals surface area contributed by atoms with Gasteiger partial charge in [-0.1, -0.05) is 30.3 Å². The van der Waals surface area contributed by atoms with Gasteiger partial charge in [0.1, 0.15) is 0 Å². The molecule has 1 amide bonds. The van der Waals surface area contributed by atoms with Gasteiger partial charge in [-0.3, -0.25) is 9.79 Å². The average molecular weight is 422 g/mol. The Morgan fingerprint density at radius 2 is 1.63 bits per heavy atom. The van der Waals surface area contributed by atoms with Crippen molar-refractivity contribution < 1.29 is 23.1 Å². The SMILES string of the molecule is CN=C(NCCNC(=O)c1ccc(C(F)(F)F)cc1)NCC(CO)c1ccccc1. The fourth-order valence-electron chi connectivity index (χ4n) is 2.72. The number of rotatable bonds is 8.